The Bertz CT molecular complexity index is 502. The van der Waals surface area contributed by atoms with Gasteiger partial charge in [-0.25, -0.2) is 0 Å². The molecule has 19 heavy (non-hydrogen) atoms. The van der Waals surface area contributed by atoms with Gasteiger partial charge in [0, 0.05) is 14.2 Å². The van der Waals surface area contributed by atoms with Gasteiger partial charge in [0.1, 0.15) is 6.10 Å². The van der Waals surface area contributed by atoms with Crippen LogP contribution in [0.5, 0.6) is 0 Å². The summed E-state index contributed by atoms with van der Waals surface area (Å²) in [5.41, 5.74) is 2.09. The monoisotopic (exact) mass is 258 g/mol. The first-order chi connectivity index (χ1) is 9.18. The Labute approximate surface area is 113 Å². The van der Waals surface area contributed by atoms with Crippen LogP contribution >= 0.6 is 0 Å². The van der Waals surface area contributed by atoms with Gasteiger partial charge in [-0.15, -0.1) is 0 Å². The molecule has 0 saturated carbocycles. The van der Waals surface area contributed by atoms with Crippen molar-refractivity contribution in [2.75, 3.05) is 14.2 Å². The summed E-state index contributed by atoms with van der Waals surface area (Å²) in [7, 11) is 3.00. The van der Waals surface area contributed by atoms with Crippen molar-refractivity contribution >= 4 is 6.08 Å². The fourth-order valence-electron chi connectivity index (χ4n) is 1.95. The Hall–Kier alpha value is -1.68. The van der Waals surface area contributed by atoms with Crippen LogP contribution in [-0.4, -0.2) is 31.2 Å². The van der Waals surface area contributed by atoms with Gasteiger partial charge in [0.15, 0.2) is 0 Å². The number of methoxy groups -OCH3 is 2. The summed E-state index contributed by atoms with van der Waals surface area (Å²) in [4.78, 5) is 0. The number of hydrogen-bond donors (Lipinski definition) is 1. The molecule has 0 aromatic heterocycles. The number of ether oxygens (including phenoxy) is 2. The Morgan fingerprint density at radius 1 is 1.16 bits per heavy atom. The van der Waals surface area contributed by atoms with Gasteiger partial charge in [-0.1, -0.05) is 48.6 Å². The quantitative estimate of drug-likeness (QED) is 0.843. The van der Waals surface area contributed by atoms with Crippen LogP contribution in [-0.2, 0) is 9.47 Å². The van der Waals surface area contributed by atoms with E-state index in [1.807, 2.05) is 54.6 Å². The first kappa shape index (κ1) is 13.7. The minimum atomic E-state index is -1.39. The second kappa shape index (κ2) is 5.97. The molecule has 0 saturated heterocycles. The van der Waals surface area contributed by atoms with Crippen LogP contribution < -0.4 is 0 Å². The number of rotatable bonds is 4. The Balaban J connectivity index is 2.15. The lowest BCUT2D eigenvalue weighted by molar-refractivity contribution is -0.202. The molecule has 1 aliphatic carbocycles. The lowest BCUT2D eigenvalue weighted by atomic mass is 9.98. The minimum absolute atomic E-state index is 0.516. The molecule has 0 amide bonds. The molecule has 1 aliphatic rings. The lowest BCUT2D eigenvalue weighted by Gasteiger charge is -2.31. The Morgan fingerprint density at radius 3 is 2.53 bits per heavy atom. The zero-order chi connectivity index (χ0) is 13.7. The van der Waals surface area contributed by atoms with Gasteiger partial charge in [0.25, 0.3) is 0 Å². The summed E-state index contributed by atoms with van der Waals surface area (Å²) in [6, 6.07) is 10.0. The molecule has 1 aromatic rings. The van der Waals surface area contributed by atoms with E-state index in [0.29, 0.717) is 0 Å². The molecule has 0 heterocycles. The molecule has 1 N–H and O–H groups in total. The highest BCUT2D eigenvalue weighted by Gasteiger charge is 2.35. The molecule has 100 valence electrons. The highest BCUT2D eigenvalue weighted by molar-refractivity contribution is 5.55. The van der Waals surface area contributed by atoms with Crippen LogP contribution in [0.4, 0.5) is 0 Å². The SMILES string of the molecule is COC1C=C(C=Cc2ccccc2)C=CC1(O)OC. The minimum Gasteiger partial charge on any atom is -0.371 e. The fraction of sp³-hybridized carbons (Fsp3) is 0.250. The topological polar surface area (TPSA) is 38.7 Å². The summed E-state index contributed by atoms with van der Waals surface area (Å²) >= 11 is 0. The Kier molecular flexibility index (Phi) is 4.32. The van der Waals surface area contributed by atoms with Gasteiger partial charge in [0.2, 0.25) is 5.79 Å². The van der Waals surface area contributed by atoms with Gasteiger partial charge in [-0.05, 0) is 23.3 Å². The van der Waals surface area contributed by atoms with E-state index in [0.717, 1.165) is 11.1 Å². The van der Waals surface area contributed by atoms with Crippen molar-refractivity contribution in [3.8, 4) is 0 Å². The normalized spacial score (nSPS) is 26.7. The summed E-state index contributed by atoms with van der Waals surface area (Å²) < 4.78 is 10.3. The van der Waals surface area contributed by atoms with Gasteiger partial charge < -0.3 is 14.6 Å². The summed E-state index contributed by atoms with van der Waals surface area (Å²) in [6.45, 7) is 0. The zero-order valence-corrected chi connectivity index (χ0v) is 11.1. The fourth-order valence-corrected chi connectivity index (χ4v) is 1.95. The lowest BCUT2D eigenvalue weighted by Crippen LogP contribution is -2.43. The number of benzene rings is 1. The third-order valence-corrected chi connectivity index (χ3v) is 3.11. The molecule has 3 nitrogen and oxygen atoms in total. The van der Waals surface area contributed by atoms with E-state index in [9.17, 15) is 5.11 Å². The van der Waals surface area contributed by atoms with Crippen molar-refractivity contribution in [3.63, 3.8) is 0 Å². The molecular weight excluding hydrogens is 240 g/mol. The van der Waals surface area contributed by atoms with E-state index in [1.54, 1.807) is 13.2 Å². The largest absolute Gasteiger partial charge is 0.371 e. The van der Waals surface area contributed by atoms with Crippen molar-refractivity contribution in [3.05, 3.63) is 65.8 Å². The maximum atomic E-state index is 10.1. The molecule has 0 spiro atoms. The average Bonchev–Trinajstić information content (AvgIpc) is 2.47. The molecule has 0 fully saturated rings. The third-order valence-electron chi connectivity index (χ3n) is 3.11. The van der Waals surface area contributed by atoms with Gasteiger partial charge in [-0.3, -0.25) is 0 Å². The van der Waals surface area contributed by atoms with Crippen LogP contribution in [0.15, 0.2) is 60.2 Å². The van der Waals surface area contributed by atoms with Gasteiger partial charge in [0.05, 0.1) is 0 Å². The second-order valence-corrected chi connectivity index (χ2v) is 4.36. The predicted octanol–water partition coefficient (Wildman–Crippen LogP) is 2.55. The number of hydrogen-bond acceptors (Lipinski definition) is 3. The van der Waals surface area contributed by atoms with Crippen molar-refractivity contribution in [1.82, 2.24) is 0 Å². The van der Waals surface area contributed by atoms with E-state index < -0.39 is 11.9 Å². The smallest absolute Gasteiger partial charge is 0.216 e. The molecule has 2 atom stereocenters. The highest BCUT2D eigenvalue weighted by Crippen LogP contribution is 2.25. The maximum absolute atomic E-state index is 10.1. The molecule has 0 radical (unpaired) electrons. The third kappa shape index (κ3) is 3.20. The summed E-state index contributed by atoms with van der Waals surface area (Å²) in [6.07, 6.45) is 8.73. The summed E-state index contributed by atoms with van der Waals surface area (Å²) in [5.74, 6) is -1.39. The molecule has 2 unspecified atom stereocenters. The molecule has 2 rings (SSSR count). The molecule has 0 bridgehead atoms. The van der Waals surface area contributed by atoms with Crippen molar-refractivity contribution in [2.45, 2.75) is 11.9 Å². The predicted molar refractivity (Wildman–Crippen MR) is 75.5 cm³/mol. The van der Waals surface area contributed by atoms with Crippen molar-refractivity contribution < 1.29 is 14.6 Å². The first-order valence-electron chi connectivity index (χ1n) is 6.12. The maximum Gasteiger partial charge on any atom is 0.216 e. The first-order valence-corrected chi connectivity index (χ1v) is 6.12. The second-order valence-electron chi connectivity index (χ2n) is 4.36. The Morgan fingerprint density at radius 2 is 1.89 bits per heavy atom. The van der Waals surface area contributed by atoms with Crippen LogP contribution in [0.3, 0.4) is 0 Å². The zero-order valence-electron chi connectivity index (χ0n) is 11.1. The van der Waals surface area contributed by atoms with Gasteiger partial charge in [-0.2, -0.15) is 0 Å². The molecule has 3 heteroatoms. The van der Waals surface area contributed by atoms with Gasteiger partial charge >= 0.3 is 0 Å². The standard InChI is InChI=1S/C16H18O3/c1-18-15-12-14(10-11-16(15,17)19-2)9-8-13-6-4-3-5-7-13/h3-12,15,17H,1-2H3. The van der Waals surface area contributed by atoms with Crippen molar-refractivity contribution in [2.24, 2.45) is 0 Å². The average molecular weight is 258 g/mol. The molecular formula is C16H18O3. The van der Waals surface area contributed by atoms with E-state index in [-0.39, 0.29) is 0 Å². The van der Waals surface area contributed by atoms with Crippen molar-refractivity contribution in [1.29, 1.82) is 0 Å². The van der Waals surface area contributed by atoms with E-state index in [4.69, 9.17) is 9.47 Å². The number of allylic oxidation sites excluding steroid dienone is 3. The van der Waals surface area contributed by atoms with E-state index in [2.05, 4.69) is 0 Å². The highest BCUT2D eigenvalue weighted by atomic mass is 16.6. The van der Waals surface area contributed by atoms with E-state index in [1.165, 1.54) is 7.11 Å². The molecule has 0 aliphatic heterocycles. The molecule has 1 aromatic carbocycles. The van der Waals surface area contributed by atoms with Crippen LogP contribution in [0.1, 0.15) is 5.56 Å². The van der Waals surface area contributed by atoms with E-state index >= 15 is 0 Å². The van der Waals surface area contributed by atoms with Crippen LogP contribution in [0.2, 0.25) is 0 Å². The summed E-state index contributed by atoms with van der Waals surface area (Å²) in [5, 5.41) is 10.1. The van der Waals surface area contributed by atoms with Crippen LogP contribution in [0, 0.1) is 0 Å². The number of aliphatic hydroxyl groups is 1. The van der Waals surface area contributed by atoms with Crippen LogP contribution in [0.25, 0.3) is 6.08 Å².